The number of aryl methyl sites for hydroxylation is 3. The number of carbonyl (C=O) groups is 1. The van der Waals surface area contributed by atoms with Crippen molar-refractivity contribution in [1.82, 2.24) is 5.32 Å². The van der Waals surface area contributed by atoms with Crippen LogP contribution in [0.2, 0.25) is 0 Å². The topological polar surface area (TPSA) is 76.4 Å². The number of hydrogen-bond donors (Lipinski definition) is 1. The number of carbonyl (C=O) groups excluding carboxylic acids is 1. The number of sulfone groups is 1. The van der Waals surface area contributed by atoms with Crippen molar-refractivity contribution in [1.29, 1.82) is 0 Å². The van der Waals surface area contributed by atoms with E-state index in [1.165, 1.54) is 12.3 Å². The van der Waals surface area contributed by atoms with Crippen molar-refractivity contribution in [2.45, 2.75) is 30.9 Å². The first-order valence-electron chi connectivity index (χ1n) is 9.64. The third-order valence-corrected chi connectivity index (χ3v) is 7.07. The smallest absolute Gasteiger partial charge is 0.244 e. The lowest BCUT2D eigenvalue weighted by Crippen LogP contribution is -2.30. The highest BCUT2D eigenvalue weighted by Gasteiger charge is 2.31. The van der Waals surface area contributed by atoms with Crippen LogP contribution in [0.15, 0.2) is 76.2 Å². The fourth-order valence-corrected chi connectivity index (χ4v) is 4.66. The quantitative estimate of drug-likeness (QED) is 0.566. The van der Waals surface area contributed by atoms with Crippen molar-refractivity contribution in [3.05, 3.63) is 95.0 Å². The Morgan fingerprint density at radius 1 is 1.03 bits per heavy atom. The van der Waals surface area contributed by atoms with Crippen molar-refractivity contribution in [2.75, 3.05) is 6.54 Å². The highest BCUT2D eigenvalue weighted by molar-refractivity contribution is 7.91. The van der Waals surface area contributed by atoms with Gasteiger partial charge < -0.3 is 9.73 Å². The van der Waals surface area contributed by atoms with Crippen LogP contribution in [0.25, 0.3) is 6.08 Å². The predicted molar refractivity (Wildman–Crippen MR) is 118 cm³/mol. The second kappa shape index (κ2) is 9.13. The fourth-order valence-electron chi connectivity index (χ4n) is 2.99. The number of nitrogens with one attached hydrogen (secondary N) is 1. The summed E-state index contributed by atoms with van der Waals surface area (Å²) >= 11 is 0. The summed E-state index contributed by atoms with van der Waals surface area (Å²) < 4.78 is 32.0. The van der Waals surface area contributed by atoms with Crippen molar-refractivity contribution >= 4 is 21.8 Å². The molecule has 1 amide bonds. The summed E-state index contributed by atoms with van der Waals surface area (Å²) in [6, 6.07) is 16.0. The molecule has 6 heteroatoms. The average Bonchev–Trinajstić information content (AvgIpc) is 3.24. The monoisotopic (exact) mass is 423 g/mol. The summed E-state index contributed by atoms with van der Waals surface area (Å²) in [4.78, 5) is 12.5. The molecule has 1 atom stereocenters. The van der Waals surface area contributed by atoms with Gasteiger partial charge in [-0.05, 0) is 67.8 Å². The number of furan rings is 1. The largest absolute Gasteiger partial charge is 0.468 e. The Morgan fingerprint density at radius 2 is 1.77 bits per heavy atom. The fraction of sp³-hybridized carbons (Fsp3) is 0.208. The molecule has 0 aliphatic rings. The van der Waals surface area contributed by atoms with Gasteiger partial charge in [0.15, 0.2) is 9.84 Å². The van der Waals surface area contributed by atoms with Gasteiger partial charge >= 0.3 is 0 Å². The van der Waals surface area contributed by atoms with Gasteiger partial charge in [-0.1, -0.05) is 35.9 Å². The van der Waals surface area contributed by atoms with E-state index in [0.29, 0.717) is 0 Å². The highest BCUT2D eigenvalue weighted by atomic mass is 32.2. The van der Waals surface area contributed by atoms with Crippen LogP contribution in [0.5, 0.6) is 0 Å². The SMILES string of the molecule is Cc1ccc(/C=C/C(=O)NC[C@H](c2ccco2)S(=O)(=O)c2ccc(C)c(C)c2)cc1. The van der Waals surface area contributed by atoms with E-state index in [1.807, 2.05) is 45.0 Å². The third kappa shape index (κ3) is 5.07. The molecule has 1 aromatic heterocycles. The van der Waals surface area contributed by atoms with Crippen molar-refractivity contribution in [3.63, 3.8) is 0 Å². The van der Waals surface area contributed by atoms with Crippen LogP contribution in [0, 0.1) is 20.8 Å². The normalized spacial score (nSPS) is 12.8. The van der Waals surface area contributed by atoms with E-state index >= 15 is 0 Å². The third-order valence-electron chi connectivity index (χ3n) is 5.01. The predicted octanol–water partition coefficient (Wildman–Crippen LogP) is 4.55. The molecule has 0 aliphatic carbocycles. The lowest BCUT2D eigenvalue weighted by Gasteiger charge is -2.17. The van der Waals surface area contributed by atoms with Gasteiger partial charge in [-0.25, -0.2) is 8.42 Å². The summed E-state index contributed by atoms with van der Waals surface area (Å²) in [6.45, 7) is 5.69. The van der Waals surface area contributed by atoms with Gasteiger partial charge in [-0.15, -0.1) is 0 Å². The molecule has 0 aliphatic heterocycles. The summed E-state index contributed by atoms with van der Waals surface area (Å²) in [5, 5.41) is 1.67. The molecular formula is C24H25NO4S. The van der Waals surface area contributed by atoms with E-state index in [0.717, 1.165) is 22.3 Å². The average molecular weight is 424 g/mol. The minimum absolute atomic E-state index is 0.0974. The van der Waals surface area contributed by atoms with Crippen LogP contribution in [-0.2, 0) is 14.6 Å². The maximum Gasteiger partial charge on any atom is 0.244 e. The van der Waals surface area contributed by atoms with Gasteiger partial charge in [0, 0.05) is 12.6 Å². The zero-order chi connectivity index (χ0) is 21.7. The van der Waals surface area contributed by atoms with Crippen LogP contribution >= 0.6 is 0 Å². The van der Waals surface area contributed by atoms with Gasteiger partial charge in [0.2, 0.25) is 5.91 Å². The molecule has 3 aromatic rings. The second-order valence-electron chi connectivity index (χ2n) is 7.28. The van der Waals surface area contributed by atoms with Gasteiger partial charge in [0.25, 0.3) is 0 Å². The van der Waals surface area contributed by atoms with E-state index in [9.17, 15) is 13.2 Å². The molecule has 156 valence electrons. The molecule has 1 N–H and O–H groups in total. The standard InChI is InChI=1S/C24H25NO4S/c1-17-6-9-20(10-7-17)11-13-24(26)25-16-23(22-5-4-14-29-22)30(27,28)21-12-8-18(2)19(3)15-21/h4-15,23H,16H2,1-3H3,(H,25,26)/b13-11+/t23-/m1/s1. The van der Waals surface area contributed by atoms with Gasteiger partial charge in [0.1, 0.15) is 11.0 Å². The van der Waals surface area contributed by atoms with Gasteiger partial charge in [-0.2, -0.15) is 0 Å². The number of rotatable bonds is 7. The molecule has 0 saturated carbocycles. The summed E-state index contributed by atoms with van der Waals surface area (Å²) in [5.74, 6) is -0.0848. The zero-order valence-corrected chi connectivity index (χ0v) is 18.1. The first kappa shape index (κ1) is 21.6. The number of hydrogen-bond acceptors (Lipinski definition) is 4. The Bertz CT molecular complexity index is 1140. The molecule has 3 rings (SSSR count). The molecule has 2 aromatic carbocycles. The molecular weight excluding hydrogens is 398 g/mol. The van der Waals surface area contributed by atoms with E-state index in [1.54, 1.807) is 36.4 Å². The van der Waals surface area contributed by atoms with E-state index in [4.69, 9.17) is 4.42 Å². The van der Waals surface area contributed by atoms with Crippen LogP contribution in [0.4, 0.5) is 0 Å². The molecule has 0 saturated heterocycles. The molecule has 0 bridgehead atoms. The number of benzene rings is 2. The zero-order valence-electron chi connectivity index (χ0n) is 17.3. The molecule has 5 nitrogen and oxygen atoms in total. The van der Waals surface area contributed by atoms with Gasteiger partial charge in [-0.3, -0.25) is 4.79 Å². The van der Waals surface area contributed by atoms with Gasteiger partial charge in [0.05, 0.1) is 11.2 Å². The Kier molecular flexibility index (Phi) is 6.57. The summed E-state index contributed by atoms with van der Waals surface area (Å²) in [7, 11) is -3.76. The first-order chi connectivity index (χ1) is 14.3. The van der Waals surface area contributed by atoms with E-state index < -0.39 is 15.1 Å². The first-order valence-corrected chi connectivity index (χ1v) is 11.2. The van der Waals surface area contributed by atoms with Crippen molar-refractivity contribution in [3.8, 4) is 0 Å². The van der Waals surface area contributed by atoms with Crippen LogP contribution < -0.4 is 5.32 Å². The Balaban J connectivity index is 1.78. The summed E-state index contributed by atoms with van der Waals surface area (Å²) in [6.07, 6.45) is 4.51. The molecule has 0 unspecified atom stereocenters. The minimum Gasteiger partial charge on any atom is -0.468 e. The van der Waals surface area contributed by atoms with Crippen LogP contribution in [0.1, 0.15) is 33.3 Å². The van der Waals surface area contributed by atoms with Crippen LogP contribution in [0.3, 0.4) is 0 Å². The Morgan fingerprint density at radius 3 is 2.40 bits per heavy atom. The number of amides is 1. The minimum atomic E-state index is -3.76. The van der Waals surface area contributed by atoms with Crippen molar-refractivity contribution in [2.24, 2.45) is 0 Å². The lowest BCUT2D eigenvalue weighted by atomic mass is 10.1. The van der Waals surface area contributed by atoms with E-state index in [2.05, 4.69) is 5.32 Å². The Hall–Kier alpha value is -3.12. The molecule has 1 heterocycles. The molecule has 30 heavy (non-hydrogen) atoms. The maximum atomic E-state index is 13.3. The molecule has 0 radical (unpaired) electrons. The Labute approximate surface area is 177 Å². The lowest BCUT2D eigenvalue weighted by molar-refractivity contribution is -0.116. The molecule has 0 fully saturated rings. The van der Waals surface area contributed by atoms with Crippen LogP contribution in [-0.4, -0.2) is 20.9 Å². The molecule has 0 spiro atoms. The van der Waals surface area contributed by atoms with E-state index in [-0.39, 0.29) is 23.1 Å². The highest BCUT2D eigenvalue weighted by Crippen LogP contribution is 2.30. The summed E-state index contributed by atoms with van der Waals surface area (Å²) in [5.41, 5.74) is 3.92. The maximum absolute atomic E-state index is 13.3. The van der Waals surface area contributed by atoms with Crippen molar-refractivity contribution < 1.29 is 17.6 Å². The second-order valence-corrected chi connectivity index (χ2v) is 9.41.